The summed E-state index contributed by atoms with van der Waals surface area (Å²) in [6, 6.07) is 11.9. The van der Waals surface area contributed by atoms with Gasteiger partial charge in [0, 0.05) is 36.8 Å². The number of aromatic nitrogens is 2. The molecule has 0 saturated heterocycles. The number of amides is 2. The Labute approximate surface area is 290 Å². The minimum absolute atomic E-state index is 0.00630. The van der Waals surface area contributed by atoms with Crippen LogP contribution in [0.3, 0.4) is 0 Å². The molecule has 2 aromatic carbocycles. The first kappa shape index (κ1) is 35.5. The number of anilines is 1. The minimum Gasteiger partial charge on any atom is -0.492 e. The molecule has 1 aliphatic carbocycles. The molecule has 49 heavy (non-hydrogen) atoms. The lowest BCUT2D eigenvalue weighted by Crippen LogP contribution is -2.42. The highest BCUT2D eigenvalue weighted by atomic mass is 35.5. The van der Waals surface area contributed by atoms with Crippen LogP contribution in [-0.4, -0.2) is 58.3 Å². The van der Waals surface area contributed by atoms with Crippen LogP contribution in [-0.2, 0) is 9.53 Å². The van der Waals surface area contributed by atoms with Crippen molar-refractivity contribution in [2.24, 2.45) is 10.7 Å². The van der Waals surface area contributed by atoms with E-state index in [0.29, 0.717) is 24.5 Å². The third-order valence-electron chi connectivity index (χ3n) is 8.11. The molecule has 2 aromatic heterocycles. The number of carbonyl (C=O) groups excluding carboxylic acids is 2. The molecule has 1 aliphatic rings. The molecule has 260 valence electrons. The maximum absolute atomic E-state index is 14.1. The normalized spacial score (nSPS) is 16.7. The summed E-state index contributed by atoms with van der Waals surface area (Å²) >= 11 is 6.32. The Hall–Kier alpha value is -4.84. The van der Waals surface area contributed by atoms with Crippen LogP contribution in [0.15, 0.2) is 59.9 Å². The smallest absolute Gasteiger partial charge is 0.407 e. The number of ether oxygens (including phenoxy) is 2. The predicted octanol–water partition coefficient (Wildman–Crippen LogP) is 6.90. The molecule has 2 amide bonds. The van der Waals surface area contributed by atoms with E-state index in [1.165, 1.54) is 25.1 Å². The summed E-state index contributed by atoms with van der Waals surface area (Å²) in [5, 5.41) is 14.3. The third-order valence-corrected chi connectivity index (χ3v) is 8.43. The van der Waals surface area contributed by atoms with Gasteiger partial charge >= 0.3 is 6.09 Å². The van der Waals surface area contributed by atoms with Crippen molar-refractivity contribution in [1.29, 1.82) is 0 Å². The number of nitrogens with one attached hydrogen (secondary N) is 3. The van der Waals surface area contributed by atoms with E-state index in [2.05, 4.69) is 26.0 Å². The molecule has 0 radical (unpaired) electrons. The van der Waals surface area contributed by atoms with E-state index in [1.807, 2.05) is 58.2 Å². The van der Waals surface area contributed by atoms with Crippen molar-refractivity contribution in [1.82, 2.24) is 20.2 Å². The quantitative estimate of drug-likeness (QED) is 0.0804. The third kappa shape index (κ3) is 9.41. The molecule has 13 heteroatoms. The average Bonchev–Trinajstić information content (AvgIpc) is 3.46. The molecule has 0 atom stereocenters. The van der Waals surface area contributed by atoms with Gasteiger partial charge < -0.3 is 31.2 Å². The number of alkyl carbamates (subject to hydrolysis) is 1. The van der Waals surface area contributed by atoms with E-state index in [4.69, 9.17) is 26.8 Å². The Kier molecular flexibility index (Phi) is 11.0. The number of rotatable bonds is 10. The molecule has 5 N–H and O–H groups in total. The summed E-state index contributed by atoms with van der Waals surface area (Å²) in [5.41, 5.74) is 11.2. The van der Waals surface area contributed by atoms with E-state index in [-0.39, 0.29) is 34.5 Å². The van der Waals surface area contributed by atoms with Gasteiger partial charge in [-0.05, 0) is 94.8 Å². The van der Waals surface area contributed by atoms with Crippen molar-refractivity contribution >= 4 is 46.3 Å². The van der Waals surface area contributed by atoms with Crippen LogP contribution in [0.1, 0.15) is 64.5 Å². The van der Waals surface area contributed by atoms with E-state index in [9.17, 15) is 14.0 Å². The molecule has 4 aromatic rings. The molecular formula is C36H43ClFN7O4. The van der Waals surface area contributed by atoms with Gasteiger partial charge in [0.05, 0.1) is 40.2 Å². The fourth-order valence-corrected chi connectivity index (χ4v) is 5.98. The highest BCUT2D eigenvalue weighted by molar-refractivity contribution is 6.33. The fraction of sp³-hybridized carbons (Fsp3) is 0.389. The molecular weight excluding hydrogens is 649 g/mol. The maximum Gasteiger partial charge on any atom is 0.407 e. The molecule has 0 bridgehead atoms. The first-order chi connectivity index (χ1) is 23.3. The lowest BCUT2D eigenvalue weighted by Gasteiger charge is -2.31. The van der Waals surface area contributed by atoms with Crippen LogP contribution in [0.4, 0.5) is 20.6 Å². The number of nitrogens with zero attached hydrogens (tertiary/aromatic N) is 3. The largest absolute Gasteiger partial charge is 0.492 e. The van der Waals surface area contributed by atoms with Gasteiger partial charge in [-0.15, -0.1) is 0 Å². The Bertz CT molecular complexity index is 1860. The number of amidine groups is 1. The van der Waals surface area contributed by atoms with Gasteiger partial charge in [0.25, 0.3) is 0 Å². The molecule has 2 heterocycles. The SMILES string of the molecule is CC(=O)NCCOc1ccc(-c2cc3c(NC4CCC(NC(=O)OC(C)(C)C)CC4)c(C(N)=Nc4cc(F)ccc4Cl)cnn3c2)c(C)c1. The van der Waals surface area contributed by atoms with Crippen molar-refractivity contribution < 1.29 is 23.5 Å². The van der Waals surface area contributed by atoms with E-state index in [1.54, 1.807) is 10.7 Å². The maximum atomic E-state index is 14.1. The second-order valence-corrected chi connectivity index (χ2v) is 13.6. The van der Waals surface area contributed by atoms with Crippen molar-refractivity contribution in [3.05, 3.63) is 76.8 Å². The Morgan fingerprint density at radius 2 is 1.84 bits per heavy atom. The molecule has 1 fully saturated rings. The van der Waals surface area contributed by atoms with Gasteiger partial charge in [0.1, 0.15) is 29.6 Å². The van der Waals surface area contributed by atoms with Gasteiger partial charge in [-0.25, -0.2) is 18.7 Å². The topological polar surface area (TPSA) is 144 Å². The Morgan fingerprint density at radius 3 is 2.53 bits per heavy atom. The number of nitrogens with two attached hydrogens (primary N) is 1. The second-order valence-electron chi connectivity index (χ2n) is 13.2. The van der Waals surface area contributed by atoms with Crippen LogP contribution in [0, 0.1) is 12.7 Å². The van der Waals surface area contributed by atoms with Gasteiger partial charge in [0.2, 0.25) is 5.91 Å². The zero-order chi connectivity index (χ0) is 35.3. The van der Waals surface area contributed by atoms with Gasteiger partial charge in [0.15, 0.2) is 0 Å². The van der Waals surface area contributed by atoms with Gasteiger partial charge in [-0.2, -0.15) is 5.10 Å². The van der Waals surface area contributed by atoms with Gasteiger partial charge in [-0.1, -0.05) is 17.7 Å². The number of hydrogen-bond acceptors (Lipinski definition) is 7. The summed E-state index contributed by atoms with van der Waals surface area (Å²) in [6.07, 6.45) is 6.28. The number of aryl methyl sites for hydroxylation is 1. The number of fused-ring (bicyclic) bond motifs is 1. The summed E-state index contributed by atoms with van der Waals surface area (Å²) in [4.78, 5) is 28.0. The number of hydrogen-bond donors (Lipinski definition) is 4. The molecule has 0 aliphatic heterocycles. The summed E-state index contributed by atoms with van der Waals surface area (Å²) in [6.45, 7) is 9.78. The van der Waals surface area contributed by atoms with Crippen molar-refractivity contribution in [3.63, 3.8) is 0 Å². The van der Waals surface area contributed by atoms with Crippen LogP contribution < -0.4 is 26.4 Å². The fourth-order valence-electron chi connectivity index (χ4n) is 5.82. The van der Waals surface area contributed by atoms with Crippen molar-refractivity contribution in [2.75, 3.05) is 18.5 Å². The average molecular weight is 692 g/mol. The number of benzene rings is 2. The molecule has 0 spiro atoms. The number of aliphatic imine (C=N–C) groups is 1. The van der Waals surface area contributed by atoms with Crippen molar-refractivity contribution in [2.45, 2.75) is 78.0 Å². The molecule has 1 saturated carbocycles. The van der Waals surface area contributed by atoms with Crippen LogP contribution in [0.5, 0.6) is 5.75 Å². The van der Waals surface area contributed by atoms with Crippen LogP contribution in [0.2, 0.25) is 5.02 Å². The van der Waals surface area contributed by atoms with E-state index >= 15 is 0 Å². The van der Waals surface area contributed by atoms with Gasteiger partial charge in [-0.3, -0.25) is 4.79 Å². The van der Waals surface area contributed by atoms with E-state index in [0.717, 1.165) is 53.6 Å². The number of halogens is 2. The number of carbonyl (C=O) groups is 2. The molecule has 0 unspecified atom stereocenters. The molecule has 11 nitrogen and oxygen atoms in total. The lowest BCUT2D eigenvalue weighted by atomic mass is 9.91. The standard InChI is InChI=1S/C36H43ClFN7O4/c1-21-16-27(48-15-14-40-22(2)46)11-12-28(21)23-17-32-33(42-25-7-9-26(10-8-25)43-35(47)49-36(3,4)5)29(19-41-45(32)20-23)34(39)44-31-18-24(38)6-13-30(31)37/h6,11-13,16-20,25-26,42H,7-10,14-15H2,1-5H3,(H2,39,44)(H,40,46)(H,43,47). The zero-order valence-corrected chi connectivity index (χ0v) is 29.2. The molecule has 5 rings (SSSR count). The zero-order valence-electron chi connectivity index (χ0n) is 28.4. The summed E-state index contributed by atoms with van der Waals surface area (Å²) in [5.74, 6) is 0.255. The Balaban J connectivity index is 1.43. The van der Waals surface area contributed by atoms with Crippen molar-refractivity contribution in [3.8, 4) is 16.9 Å². The predicted molar refractivity (Wildman–Crippen MR) is 190 cm³/mol. The van der Waals surface area contributed by atoms with Crippen LogP contribution >= 0.6 is 11.6 Å². The first-order valence-electron chi connectivity index (χ1n) is 16.3. The first-order valence-corrected chi connectivity index (χ1v) is 16.7. The van der Waals surface area contributed by atoms with Crippen LogP contribution in [0.25, 0.3) is 16.6 Å². The minimum atomic E-state index is -0.567. The summed E-state index contributed by atoms with van der Waals surface area (Å²) in [7, 11) is 0. The highest BCUT2D eigenvalue weighted by Gasteiger charge is 2.26. The second kappa shape index (κ2) is 15.1. The lowest BCUT2D eigenvalue weighted by molar-refractivity contribution is -0.119. The van der Waals surface area contributed by atoms with E-state index < -0.39 is 17.5 Å². The summed E-state index contributed by atoms with van der Waals surface area (Å²) < 4.78 is 27.1. The monoisotopic (exact) mass is 691 g/mol. The highest BCUT2D eigenvalue weighted by Crippen LogP contribution is 2.34. The Morgan fingerprint density at radius 1 is 1.10 bits per heavy atom.